The molecule has 0 unspecified atom stereocenters. The molecule has 158 valence electrons. The number of amides is 2. The molecule has 5 heteroatoms. The first kappa shape index (κ1) is 20.3. The molecule has 0 aliphatic carbocycles. The first-order valence-corrected chi connectivity index (χ1v) is 11.3. The summed E-state index contributed by atoms with van der Waals surface area (Å²) in [5.74, 6) is 0.426. The fourth-order valence-electron chi connectivity index (χ4n) is 4.07. The second-order valence-electron chi connectivity index (χ2n) is 7.54. The summed E-state index contributed by atoms with van der Waals surface area (Å²) in [4.78, 5) is 27.8. The van der Waals surface area contributed by atoms with E-state index in [1.807, 2.05) is 85.8 Å². The highest BCUT2D eigenvalue weighted by Crippen LogP contribution is 2.37. The molecule has 2 amide bonds. The number of benzene rings is 4. The number of hydrogen-bond acceptors (Lipinski definition) is 4. The molecule has 1 aliphatic heterocycles. The monoisotopic (exact) mass is 439 g/mol. The van der Waals surface area contributed by atoms with Crippen molar-refractivity contribution in [2.45, 2.75) is 13.5 Å². The molecule has 1 fully saturated rings. The number of hydrogen-bond donors (Lipinski definition) is 0. The zero-order valence-electron chi connectivity index (χ0n) is 17.6. The predicted molar refractivity (Wildman–Crippen MR) is 131 cm³/mol. The van der Waals surface area contributed by atoms with Gasteiger partial charge in [0.05, 0.1) is 18.1 Å². The zero-order valence-corrected chi connectivity index (χ0v) is 18.4. The van der Waals surface area contributed by atoms with E-state index in [2.05, 4.69) is 0 Å². The van der Waals surface area contributed by atoms with E-state index in [-0.39, 0.29) is 17.7 Å². The van der Waals surface area contributed by atoms with E-state index in [0.29, 0.717) is 17.3 Å². The number of ether oxygens (including phenoxy) is 1. The number of carbonyl (C=O) groups excluding carboxylic acids is 2. The minimum atomic E-state index is -0.275. The number of imide groups is 1. The molecule has 1 saturated heterocycles. The third-order valence-corrected chi connectivity index (χ3v) is 6.50. The van der Waals surface area contributed by atoms with Crippen molar-refractivity contribution in [3.05, 3.63) is 94.9 Å². The van der Waals surface area contributed by atoms with Crippen LogP contribution in [0.5, 0.6) is 5.75 Å². The van der Waals surface area contributed by atoms with Crippen LogP contribution < -0.4 is 4.74 Å². The minimum Gasteiger partial charge on any atom is -0.493 e. The first-order valence-electron chi connectivity index (χ1n) is 10.5. The Morgan fingerprint density at radius 3 is 2.31 bits per heavy atom. The average molecular weight is 440 g/mol. The maximum absolute atomic E-state index is 13.2. The lowest BCUT2D eigenvalue weighted by atomic mass is 10.0. The molecule has 0 N–H and O–H groups in total. The third kappa shape index (κ3) is 3.65. The summed E-state index contributed by atoms with van der Waals surface area (Å²) >= 11 is 0.980. The Labute approximate surface area is 190 Å². The molecule has 1 aliphatic rings. The smallest absolute Gasteiger partial charge is 0.293 e. The molecule has 0 atom stereocenters. The van der Waals surface area contributed by atoms with Gasteiger partial charge in [0, 0.05) is 5.56 Å². The van der Waals surface area contributed by atoms with Gasteiger partial charge in [0.1, 0.15) is 5.75 Å². The van der Waals surface area contributed by atoms with Gasteiger partial charge in [-0.05, 0) is 57.9 Å². The Morgan fingerprint density at radius 1 is 0.844 bits per heavy atom. The Bertz CT molecular complexity index is 1390. The molecular formula is C27H21NO3S. The highest BCUT2D eigenvalue weighted by molar-refractivity contribution is 8.18. The lowest BCUT2D eigenvalue weighted by molar-refractivity contribution is -0.123. The van der Waals surface area contributed by atoms with Crippen molar-refractivity contribution >= 4 is 50.5 Å². The first-order chi connectivity index (χ1) is 15.7. The molecule has 4 aromatic rings. The molecule has 5 rings (SSSR count). The molecular weight excluding hydrogens is 418 g/mol. The van der Waals surface area contributed by atoms with E-state index in [1.54, 1.807) is 6.08 Å². The quantitative estimate of drug-likeness (QED) is 0.328. The maximum Gasteiger partial charge on any atom is 0.293 e. The Morgan fingerprint density at radius 2 is 1.53 bits per heavy atom. The van der Waals surface area contributed by atoms with E-state index in [9.17, 15) is 9.59 Å². The largest absolute Gasteiger partial charge is 0.493 e. The van der Waals surface area contributed by atoms with Crippen molar-refractivity contribution in [2.24, 2.45) is 0 Å². The summed E-state index contributed by atoms with van der Waals surface area (Å²) in [6, 6.07) is 25.8. The van der Waals surface area contributed by atoms with Crippen LogP contribution in [0.3, 0.4) is 0 Å². The van der Waals surface area contributed by atoms with Crippen molar-refractivity contribution in [1.29, 1.82) is 0 Å². The van der Waals surface area contributed by atoms with Crippen LogP contribution in [0, 0.1) is 0 Å². The van der Waals surface area contributed by atoms with Crippen LogP contribution in [-0.2, 0) is 11.3 Å². The van der Waals surface area contributed by atoms with E-state index in [1.165, 1.54) is 4.90 Å². The number of nitrogens with zero attached hydrogens (tertiary/aromatic N) is 1. The molecule has 1 heterocycles. The molecule has 0 radical (unpaired) electrons. The molecule has 4 aromatic carbocycles. The van der Waals surface area contributed by atoms with Crippen LogP contribution in [0.2, 0.25) is 0 Å². The fourth-order valence-corrected chi connectivity index (χ4v) is 4.89. The second kappa shape index (κ2) is 8.52. The highest BCUT2D eigenvalue weighted by atomic mass is 32.2. The minimum absolute atomic E-state index is 0.247. The lowest BCUT2D eigenvalue weighted by Crippen LogP contribution is -2.27. The topological polar surface area (TPSA) is 46.6 Å². The molecule has 0 spiro atoms. The normalized spacial score (nSPS) is 15.3. The van der Waals surface area contributed by atoms with E-state index in [0.717, 1.165) is 44.4 Å². The SMILES string of the molecule is CCOc1ccc2ccccc2c1/C=C1/SC(=O)N(Cc2cccc3ccccc23)C1=O. The van der Waals surface area contributed by atoms with Crippen molar-refractivity contribution in [3.63, 3.8) is 0 Å². The molecule has 32 heavy (non-hydrogen) atoms. The zero-order chi connectivity index (χ0) is 22.1. The van der Waals surface area contributed by atoms with Gasteiger partial charge >= 0.3 is 0 Å². The van der Waals surface area contributed by atoms with Gasteiger partial charge in [0.15, 0.2) is 0 Å². The number of fused-ring (bicyclic) bond motifs is 2. The van der Waals surface area contributed by atoms with Gasteiger partial charge in [-0.1, -0.05) is 72.8 Å². The van der Waals surface area contributed by atoms with Gasteiger partial charge in [-0.15, -0.1) is 0 Å². The Hall–Kier alpha value is -3.57. The molecule has 0 saturated carbocycles. The van der Waals surface area contributed by atoms with Gasteiger partial charge < -0.3 is 4.74 Å². The van der Waals surface area contributed by atoms with E-state index >= 15 is 0 Å². The Kier molecular flexibility index (Phi) is 5.41. The third-order valence-electron chi connectivity index (χ3n) is 5.59. The van der Waals surface area contributed by atoms with Crippen LogP contribution in [0.25, 0.3) is 27.6 Å². The van der Waals surface area contributed by atoms with Crippen LogP contribution in [0.15, 0.2) is 83.8 Å². The number of thioether (sulfide) groups is 1. The lowest BCUT2D eigenvalue weighted by Gasteiger charge is -2.14. The van der Waals surface area contributed by atoms with Crippen LogP contribution in [0.4, 0.5) is 4.79 Å². The summed E-state index contributed by atoms with van der Waals surface area (Å²) in [7, 11) is 0. The maximum atomic E-state index is 13.2. The van der Waals surface area contributed by atoms with Crippen molar-refractivity contribution < 1.29 is 14.3 Å². The standard InChI is InChI=1S/C27H21NO3S/c1-2-31-24-15-14-19-9-4-6-13-22(19)23(24)16-25-26(29)28(27(30)32-25)17-20-11-7-10-18-8-3-5-12-21(18)20/h3-16H,2,17H2,1H3/b25-16+. The van der Waals surface area contributed by atoms with Crippen LogP contribution in [0.1, 0.15) is 18.1 Å². The summed E-state index contributed by atoms with van der Waals surface area (Å²) in [6.07, 6.45) is 1.79. The van der Waals surface area contributed by atoms with Gasteiger partial charge in [-0.3, -0.25) is 14.5 Å². The summed E-state index contributed by atoms with van der Waals surface area (Å²) < 4.78 is 5.82. The summed E-state index contributed by atoms with van der Waals surface area (Å²) in [5, 5.41) is 3.92. The molecule has 0 bridgehead atoms. The predicted octanol–water partition coefficient (Wildman–Crippen LogP) is 6.63. The van der Waals surface area contributed by atoms with Crippen LogP contribution in [-0.4, -0.2) is 22.7 Å². The van der Waals surface area contributed by atoms with E-state index < -0.39 is 0 Å². The average Bonchev–Trinajstić information content (AvgIpc) is 3.08. The molecule has 4 nitrogen and oxygen atoms in total. The number of rotatable bonds is 5. The van der Waals surface area contributed by atoms with Crippen molar-refractivity contribution in [2.75, 3.05) is 6.61 Å². The van der Waals surface area contributed by atoms with Gasteiger partial charge in [-0.2, -0.15) is 0 Å². The summed E-state index contributed by atoms with van der Waals surface area (Å²) in [6.45, 7) is 2.69. The van der Waals surface area contributed by atoms with Crippen LogP contribution >= 0.6 is 11.8 Å². The van der Waals surface area contributed by atoms with Crippen molar-refractivity contribution in [1.82, 2.24) is 4.90 Å². The van der Waals surface area contributed by atoms with Gasteiger partial charge in [-0.25, -0.2) is 0 Å². The van der Waals surface area contributed by atoms with Gasteiger partial charge in [0.25, 0.3) is 11.1 Å². The highest BCUT2D eigenvalue weighted by Gasteiger charge is 2.35. The second-order valence-corrected chi connectivity index (χ2v) is 8.53. The van der Waals surface area contributed by atoms with Crippen molar-refractivity contribution in [3.8, 4) is 5.75 Å². The molecule has 0 aromatic heterocycles. The number of carbonyl (C=O) groups is 2. The summed E-state index contributed by atoms with van der Waals surface area (Å²) in [5.41, 5.74) is 1.77. The van der Waals surface area contributed by atoms with Gasteiger partial charge in [0.2, 0.25) is 0 Å². The Balaban J connectivity index is 1.52. The fraction of sp³-hybridized carbons (Fsp3) is 0.111. The van der Waals surface area contributed by atoms with E-state index in [4.69, 9.17) is 4.74 Å².